The Morgan fingerprint density at radius 2 is 2.20 bits per heavy atom. The lowest BCUT2D eigenvalue weighted by Gasteiger charge is -2.25. The number of likely N-dealkylation sites (N-methyl/N-ethyl adjacent to an activating group) is 1. The molecule has 0 atom stereocenters. The zero-order chi connectivity index (χ0) is 17.4. The van der Waals surface area contributed by atoms with Gasteiger partial charge in [0.05, 0.1) is 10.2 Å². The summed E-state index contributed by atoms with van der Waals surface area (Å²) in [6.07, 6.45) is 0.958. The summed E-state index contributed by atoms with van der Waals surface area (Å²) in [6, 6.07) is 8.09. The van der Waals surface area contributed by atoms with Gasteiger partial charge in [-0.05, 0) is 30.7 Å². The second-order valence-corrected chi connectivity index (χ2v) is 8.16. The van der Waals surface area contributed by atoms with Crippen LogP contribution in [0.25, 0.3) is 20.8 Å². The van der Waals surface area contributed by atoms with Gasteiger partial charge in [-0.3, -0.25) is 9.69 Å². The van der Waals surface area contributed by atoms with E-state index in [1.165, 1.54) is 10.4 Å². The lowest BCUT2D eigenvalue weighted by Crippen LogP contribution is -2.29. The first-order chi connectivity index (χ1) is 12.2. The third-order valence-corrected chi connectivity index (χ3v) is 6.67. The monoisotopic (exact) mass is 373 g/mol. The van der Waals surface area contributed by atoms with E-state index in [9.17, 15) is 4.79 Å². The SMILES string of the molecule is CCN1CCc2c(sc(NC(=O)CO)c2-c2nc3ccccc3s2)C1. The van der Waals surface area contributed by atoms with Crippen LogP contribution in [0.1, 0.15) is 17.4 Å². The van der Waals surface area contributed by atoms with Crippen molar-refractivity contribution in [3.05, 3.63) is 34.7 Å². The number of anilines is 1. The van der Waals surface area contributed by atoms with Crippen molar-refractivity contribution in [2.75, 3.05) is 25.0 Å². The van der Waals surface area contributed by atoms with Gasteiger partial charge in [0.25, 0.3) is 5.91 Å². The molecule has 0 spiro atoms. The Labute approximate surface area is 153 Å². The fourth-order valence-electron chi connectivity index (χ4n) is 3.19. The molecule has 4 rings (SSSR count). The number of aromatic nitrogens is 1. The highest BCUT2D eigenvalue weighted by Gasteiger charge is 2.27. The number of thiazole rings is 1. The van der Waals surface area contributed by atoms with Gasteiger partial charge in [0, 0.05) is 23.5 Å². The van der Waals surface area contributed by atoms with Gasteiger partial charge in [0.2, 0.25) is 0 Å². The Morgan fingerprint density at radius 3 is 2.96 bits per heavy atom. The molecule has 0 saturated carbocycles. The fraction of sp³-hybridized carbons (Fsp3) is 0.333. The van der Waals surface area contributed by atoms with Gasteiger partial charge in [-0.15, -0.1) is 22.7 Å². The lowest BCUT2D eigenvalue weighted by molar-refractivity contribution is -0.118. The molecular formula is C18H19N3O2S2. The molecule has 3 heterocycles. The topological polar surface area (TPSA) is 65.5 Å². The van der Waals surface area contributed by atoms with E-state index in [1.54, 1.807) is 22.7 Å². The van der Waals surface area contributed by atoms with Gasteiger partial charge in [0.1, 0.15) is 16.6 Å². The quantitative estimate of drug-likeness (QED) is 0.736. The van der Waals surface area contributed by atoms with Crippen molar-refractivity contribution >= 4 is 43.8 Å². The number of thiophene rings is 1. The van der Waals surface area contributed by atoms with E-state index >= 15 is 0 Å². The number of nitrogens with one attached hydrogen (secondary N) is 1. The summed E-state index contributed by atoms with van der Waals surface area (Å²) in [5.74, 6) is -0.381. The molecule has 0 fully saturated rings. The van der Waals surface area contributed by atoms with E-state index < -0.39 is 6.61 Å². The zero-order valence-corrected chi connectivity index (χ0v) is 15.5. The summed E-state index contributed by atoms with van der Waals surface area (Å²) in [6.45, 7) is 4.60. The number of nitrogens with zero attached hydrogens (tertiary/aromatic N) is 2. The molecule has 0 aliphatic carbocycles. The first-order valence-corrected chi connectivity index (χ1v) is 9.96. The molecule has 1 aliphatic rings. The van der Waals surface area contributed by atoms with E-state index in [2.05, 4.69) is 23.2 Å². The van der Waals surface area contributed by atoms with Gasteiger partial charge < -0.3 is 10.4 Å². The highest BCUT2D eigenvalue weighted by atomic mass is 32.1. The average molecular weight is 374 g/mol. The number of hydrogen-bond donors (Lipinski definition) is 2. The number of fused-ring (bicyclic) bond motifs is 2. The molecule has 1 amide bonds. The van der Waals surface area contributed by atoms with E-state index in [-0.39, 0.29) is 5.91 Å². The van der Waals surface area contributed by atoms with Gasteiger partial charge in [-0.1, -0.05) is 19.1 Å². The minimum absolute atomic E-state index is 0.381. The van der Waals surface area contributed by atoms with Gasteiger partial charge >= 0.3 is 0 Å². The third kappa shape index (κ3) is 3.08. The smallest absolute Gasteiger partial charge is 0.250 e. The Balaban J connectivity index is 1.84. The summed E-state index contributed by atoms with van der Waals surface area (Å²) < 4.78 is 1.14. The Kier molecular flexibility index (Phi) is 4.56. The van der Waals surface area contributed by atoms with E-state index in [4.69, 9.17) is 10.1 Å². The zero-order valence-electron chi connectivity index (χ0n) is 13.9. The first kappa shape index (κ1) is 16.7. The highest BCUT2D eigenvalue weighted by Crippen LogP contribution is 2.45. The molecule has 1 aromatic carbocycles. The maximum atomic E-state index is 11.8. The Morgan fingerprint density at radius 1 is 1.36 bits per heavy atom. The van der Waals surface area contributed by atoms with Gasteiger partial charge in [-0.2, -0.15) is 0 Å². The van der Waals surface area contributed by atoms with Crippen molar-refractivity contribution in [3.63, 3.8) is 0 Å². The van der Waals surface area contributed by atoms with Crippen LogP contribution in [0.2, 0.25) is 0 Å². The van der Waals surface area contributed by atoms with Crippen molar-refractivity contribution < 1.29 is 9.90 Å². The Hall–Kier alpha value is -1.80. The average Bonchev–Trinajstić information content (AvgIpc) is 3.20. The van der Waals surface area contributed by atoms with Crippen LogP contribution < -0.4 is 5.32 Å². The highest BCUT2D eigenvalue weighted by molar-refractivity contribution is 7.22. The maximum Gasteiger partial charge on any atom is 0.250 e. The van der Waals surface area contributed by atoms with Crippen molar-refractivity contribution in [2.45, 2.75) is 19.9 Å². The summed E-state index contributed by atoms with van der Waals surface area (Å²) >= 11 is 3.26. The molecule has 0 unspecified atom stereocenters. The number of hydrogen-bond acceptors (Lipinski definition) is 6. The number of aliphatic hydroxyl groups is 1. The van der Waals surface area contributed by atoms with Crippen LogP contribution in [0.5, 0.6) is 0 Å². The summed E-state index contributed by atoms with van der Waals surface area (Å²) in [5, 5.41) is 13.7. The predicted molar refractivity (Wildman–Crippen MR) is 103 cm³/mol. The number of rotatable bonds is 4. The van der Waals surface area contributed by atoms with Crippen molar-refractivity contribution in [3.8, 4) is 10.6 Å². The molecule has 0 radical (unpaired) electrons. The minimum Gasteiger partial charge on any atom is -0.387 e. The number of benzene rings is 1. The van der Waals surface area contributed by atoms with E-state index in [0.717, 1.165) is 51.8 Å². The van der Waals surface area contributed by atoms with Crippen LogP contribution in [0.15, 0.2) is 24.3 Å². The number of carbonyl (C=O) groups excluding carboxylic acids is 1. The third-order valence-electron chi connectivity index (χ3n) is 4.49. The standard InChI is InChI=1S/C18H19N3O2S2/c1-2-21-8-7-11-14(9-21)25-18(20-15(23)10-22)16(11)17-19-12-5-3-4-6-13(12)24-17/h3-6,22H,2,7-10H2,1H3,(H,20,23). The summed E-state index contributed by atoms with van der Waals surface area (Å²) in [5.41, 5.74) is 3.31. The van der Waals surface area contributed by atoms with Crippen LogP contribution in [-0.4, -0.2) is 40.6 Å². The predicted octanol–water partition coefficient (Wildman–Crippen LogP) is 3.33. The second-order valence-electron chi connectivity index (χ2n) is 6.02. The summed E-state index contributed by atoms with van der Waals surface area (Å²) in [7, 11) is 0. The molecule has 7 heteroatoms. The normalized spacial score (nSPS) is 14.6. The van der Waals surface area contributed by atoms with Crippen molar-refractivity contribution in [1.29, 1.82) is 0 Å². The number of aliphatic hydroxyl groups excluding tert-OH is 1. The molecule has 0 bridgehead atoms. The lowest BCUT2D eigenvalue weighted by atomic mass is 10.0. The molecule has 5 nitrogen and oxygen atoms in total. The largest absolute Gasteiger partial charge is 0.387 e. The van der Waals surface area contributed by atoms with Crippen LogP contribution in [0, 0.1) is 0 Å². The van der Waals surface area contributed by atoms with E-state index in [1.807, 2.05) is 18.2 Å². The Bertz CT molecular complexity index is 899. The number of amides is 1. The van der Waals surface area contributed by atoms with Crippen LogP contribution in [0.3, 0.4) is 0 Å². The molecule has 2 aromatic heterocycles. The second kappa shape index (κ2) is 6.84. The molecule has 2 N–H and O–H groups in total. The minimum atomic E-state index is -0.511. The van der Waals surface area contributed by atoms with Crippen molar-refractivity contribution in [1.82, 2.24) is 9.88 Å². The number of carbonyl (C=O) groups is 1. The first-order valence-electron chi connectivity index (χ1n) is 8.33. The van der Waals surface area contributed by atoms with Crippen LogP contribution in [0.4, 0.5) is 5.00 Å². The molecule has 0 saturated heterocycles. The molecule has 130 valence electrons. The number of para-hydroxylation sites is 1. The molecular weight excluding hydrogens is 354 g/mol. The van der Waals surface area contributed by atoms with Gasteiger partial charge in [-0.25, -0.2) is 4.98 Å². The maximum absolute atomic E-state index is 11.8. The molecule has 3 aromatic rings. The van der Waals surface area contributed by atoms with Crippen LogP contribution >= 0.6 is 22.7 Å². The van der Waals surface area contributed by atoms with Crippen LogP contribution in [-0.2, 0) is 17.8 Å². The van der Waals surface area contributed by atoms with Crippen molar-refractivity contribution in [2.24, 2.45) is 0 Å². The summed E-state index contributed by atoms with van der Waals surface area (Å²) in [4.78, 5) is 20.3. The molecule has 1 aliphatic heterocycles. The molecule has 25 heavy (non-hydrogen) atoms. The van der Waals surface area contributed by atoms with Gasteiger partial charge in [0.15, 0.2) is 0 Å². The van der Waals surface area contributed by atoms with E-state index in [0.29, 0.717) is 0 Å². The fourth-order valence-corrected chi connectivity index (χ4v) is 5.60.